The van der Waals surface area contributed by atoms with Gasteiger partial charge in [-0.25, -0.2) is 15.0 Å². The zero-order chi connectivity index (χ0) is 17.0. The van der Waals surface area contributed by atoms with Crippen LogP contribution in [0.1, 0.15) is 38.8 Å². The Morgan fingerprint density at radius 2 is 1.69 bits per heavy atom. The van der Waals surface area contributed by atoms with Gasteiger partial charge in [0.15, 0.2) is 25.5 Å². The molecule has 3 aromatic heterocycles. The number of rotatable bonds is 3. The molecule has 1 N–H and O–H groups in total. The van der Waals surface area contributed by atoms with Crippen LogP contribution >= 0.6 is 0 Å². The topological polar surface area (TPSA) is 128 Å². The molecule has 0 saturated carbocycles. The van der Waals surface area contributed by atoms with E-state index in [1.54, 1.807) is 18.5 Å². The Bertz CT molecular complexity index is 683. The minimum Gasteiger partial charge on any atom is -0.452 e. The lowest BCUT2D eigenvalue weighted by atomic mass is 10.2. The number of aldehydes is 1. The normalized spacial score (nSPS) is 11.1. The van der Waals surface area contributed by atoms with E-state index in [4.69, 9.17) is 8.83 Å². The summed E-state index contributed by atoms with van der Waals surface area (Å²) in [7, 11) is 0. The molecule has 0 atom stereocenters. The van der Waals surface area contributed by atoms with Crippen LogP contribution in [0.2, 0.25) is 0 Å². The summed E-state index contributed by atoms with van der Waals surface area (Å²) in [5.74, 6) is 0. The van der Waals surface area contributed by atoms with Crippen molar-refractivity contribution < 1.29 is 23.2 Å². The molecular weight excluding hydrogens is 340 g/mol. The van der Waals surface area contributed by atoms with Crippen LogP contribution in [-0.2, 0) is 4.79 Å². The van der Waals surface area contributed by atoms with Crippen LogP contribution in [0.4, 0.5) is 0 Å². The number of hydrogen-bond acceptors (Lipinski definition) is 9. The number of aliphatic hydroxyl groups excluding tert-OH is 1. The Balaban J connectivity index is 0.000000384. The first kappa shape index (κ1) is 22.7. The predicted molar refractivity (Wildman–Crippen MR) is 94.3 cm³/mol. The molecule has 1 aliphatic rings. The van der Waals surface area contributed by atoms with Crippen LogP contribution in [-0.4, -0.2) is 32.6 Å². The first-order chi connectivity index (χ1) is 11.8. The Kier molecular flexibility index (Phi) is 11.3. The highest BCUT2D eigenvalue weighted by molar-refractivity contribution is 5.81. The summed E-state index contributed by atoms with van der Waals surface area (Å²) in [6, 6.07) is 0. The van der Waals surface area contributed by atoms with Crippen molar-refractivity contribution in [1.29, 1.82) is 0 Å². The largest absolute Gasteiger partial charge is 0.452 e. The van der Waals surface area contributed by atoms with E-state index in [-0.39, 0.29) is 14.9 Å². The molecular formula is C17H22N4O5. The van der Waals surface area contributed by atoms with Gasteiger partial charge in [-0.2, -0.15) is 0 Å². The zero-order valence-electron chi connectivity index (χ0n) is 12.4. The third kappa shape index (κ3) is 7.49. The van der Waals surface area contributed by atoms with Crippen LogP contribution in [0.25, 0.3) is 0 Å². The number of carbonyl (C=O) groups is 1. The van der Waals surface area contributed by atoms with Crippen LogP contribution in [0.15, 0.2) is 74.2 Å². The van der Waals surface area contributed by atoms with Crippen molar-refractivity contribution in [2.24, 2.45) is 4.99 Å². The molecule has 140 valence electrons. The number of allylic oxidation sites excluding steroid dienone is 2. The van der Waals surface area contributed by atoms with E-state index in [9.17, 15) is 9.90 Å². The van der Waals surface area contributed by atoms with E-state index >= 15 is 0 Å². The monoisotopic (exact) mass is 362 g/mol. The van der Waals surface area contributed by atoms with Crippen molar-refractivity contribution in [1.82, 2.24) is 15.0 Å². The van der Waals surface area contributed by atoms with Gasteiger partial charge in [0.25, 0.3) is 0 Å². The average Bonchev–Trinajstić information content (AvgIpc) is 3.45. The van der Waals surface area contributed by atoms with E-state index in [1.807, 2.05) is 0 Å². The van der Waals surface area contributed by atoms with Crippen molar-refractivity contribution in [3.63, 3.8) is 0 Å². The van der Waals surface area contributed by atoms with Gasteiger partial charge in [0.05, 0.1) is 11.9 Å². The molecule has 0 amide bonds. The maximum Gasteiger partial charge on any atom is 0.180 e. The van der Waals surface area contributed by atoms with E-state index in [0.717, 1.165) is 12.7 Å². The molecule has 9 nitrogen and oxygen atoms in total. The molecule has 0 unspecified atom stereocenters. The number of hydrogen-bond donors (Lipinski definition) is 1. The fourth-order valence-corrected chi connectivity index (χ4v) is 1.50. The zero-order valence-corrected chi connectivity index (χ0v) is 12.4. The van der Waals surface area contributed by atoms with Crippen LogP contribution in [0.3, 0.4) is 0 Å². The average molecular weight is 362 g/mol. The lowest BCUT2D eigenvalue weighted by Crippen LogP contribution is -1.99. The van der Waals surface area contributed by atoms with Crippen LogP contribution in [0, 0.1) is 0 Å². The fraction of sp³-hybridized carbons (Fsp3) is 0.235. The summed E-state index contributed by atoms with van der Waals surface area (Å²) in [6.07, 6.45) is 13.9. The summed E-state index contributed by atoms with van der Waals surface area (Å²) >= 11 is 0. The fourth-order valence-electron chi connectivity index (χ4n) is 1.50. The lowest BCUT2D eigenvalue weighted by Gasteiger charge is -1.99. The van der Waals surface area contributed by atoms with Crippen molar-refractivity contribution >= 4 is 12.5 Å². The first-order valence-electron chi connectivity index (χ1n) is 6.75. The molecule has 4 rings (SSSR count). The van der Waals surface area contributed by atoms with E-state index in [1.165, 1.54) is 38.0 Å². The summed E-state index contributed by atoms with van der Waals surface area (Å²) < 4.78 is 13.9. The van der Waals surface area contributed by atoms with E-state index in [2.05, 4.69) is 24.4 Å². The van der Waals surface area contributed by atoms with Gasteiger partial charge in [0.1, 0.15) is 36.3 Å². The van der Waals surface area contributed by atoms with E-state index in [0.29, 0.717) is 17.1 Å². The van der Waals surface area contributed by atoms with E-state index < -0.39 is 6.10 Å². The highest BCUT2D eigenvalue weighted by Crippen LogP contribution is 2.17. The summed E-state index contributed by atoms with van der Waals surface area (Å²) in [4.78, 5) is 24.7. The van der Waals surface area contributed by atoms with Crippen LogP contribution in [0.5, 0.6) is 0 Å². The van der Waals surface area contributed by atoms with Crippen molar-refractivity contribution in [3.8, 4) is 0 Å². The second-order valence-electron chi connectivity index (χ2n) is 4.20. The molecule has 0 fully saturated rings. The summed E-state index contributed by atoms with van der Waals surface area (Å²) in [5.41, 5.74) is 1.40. The standard InChI is InChI=1S/C7H6N2O3.C5H5NO.C3H3NO.2CH4/c10-7(5-1-11-3-8-5)6-2-12-4-9-6;7-4-5-2-1-3-6-5;1-2-5-3-4-1;;/h1-4,7,10H;2-4H,1H2;1-3H;2*1H4. The Morgan fingerprint density at radius 1 is 1.04 bits per heavy atom. The van der Waals surface area contributed by atoms with Crippen molar-refractivity contribution in [2.75, 3.05) is 0 Å². The van der Waals surface area contributed by atoms with Gasteiger partial charge < -0.3 is 18.4 Å². The second-order valence-corrected chi connectivity index (χ2v) is 4.20. The van der Waals surface area contributed by atoms with Crippen molar-refractivity contribution in [3.05, 3.63) is 67.3 Å². The van der Waals surface area contributed by atoms with Gasteiger partial charge >= 0.3 is 0 Å². The van der Waals surface area contributed by atoms with Crippen LogP contribution < -0.4 is 0 Å². The lowest BCUT2D eigenvalue weighted by molar-refractivity contribution is -0.104. The third-order valence-electron chi connectivity index (χ3n) is 2.60. The van der Waals surface area contributed by atoms with Gasteiger partial charge in [-0.3, -0.25) is 9.79 Å². The smallest absolute Gasteiger partial charge is 0.180 e. The SMILES string of the molecule is C.C.O=CC1=CCC=N1.OC(c1cocn1)c1cocn1.c1cocn1. The molecule has 9 heteroatoms. The minimum atomic E-state index is -0.873. The van der Waals surface area contributed by atoms with Crippen molar-refractivity contribution in [2.45, 2.75) is 27.4 Å². The third-order valence-corrected chi connectivity index (χ3v) is 2.60. The number of aliphatic hydroxyl groups is 1. The predicted octanol–water partition coefficient (Wildman–Crippen LogP) is 3.23. The van der Waals surface area contributed by atoms with Gasteiger partial charge in [-0.15, -0.1) is 0 Å². The van der Waals surface area contributed by atoms with Gasteiger partial charge in [-0.05, 0) is 0 Å². The second kappa shape index (κ2) is 13.0. The Labute approximate surface area is 151 Å². The molecule has 0 saturated heterocycles. The number of nitrogens with zero attached hydrogens (tertiary/aromatic N) is 4. The van der Waals surface area contributed by atoms with Gasteiger partial charge in [-0.1, -0.05) is 20.9 Å². The maximum absolute atomic E-state index is 9.83. The molecule has 0 bridgehead atoms. The first-order valence-corrected chi connectivity index (χ1v) is 6.75. The molecule has 26 heavy (non-hydrogen) atoms. The number of aliphatic imine (C=N–C) groups is 1. The van der Waals surface area contributed by atoms with Gasteiger partial charge in [0.2, 0.25) is 0 Å². The minimum absolute atomic E-state index is 0. The molecule has 0 aromatic carbocycles. The highest BCUT2D eigenvalue weighted by Gasteiger charge is 2.15. The Morgan fingerprint density at radius 3 is 1.96 bits per heavy atom. The highest BCUT2D eigenvalue weighted by atomic mass is 16.3. The molecule has 3 aromatic rings. The quantitative estimate of drug-likeness (QED) is 0.703. The number of aromatic nitrogens is 3. The summed E-state index contributed by atoms with van der Waals surface area (Å²) in [6.45, 7) is 0. The maximum atomic E-state index is 9.83. The number of carbonyl (C=O) groups excluding carboxylic acids is 1. The summed E-state index contributed by atoms with van der Waals surface area (Å²) in [5, 5.41) is 9.52. The Hall–Kier alpha value is -3.33. The molecule has 1 aliphatic heterocycles. The number of oxazole rings is 3. The van der Waals surface area contributed by atoms with Gasteiger partial charge in [0, 0.05) is 12.6 Å². The molecule has 0 spiro atoms. The molecule has 0 aliphatic carbocycles. The molecule has 4 heterocycles. The molecule has 0 radical (unpaired) electrons.